The first-order valence-corrected chi connectivity index (χ1v) is 8.97. The molecule has 0 radical (unpaired) electrons. The Bertz CT molecular complexity index is 807. The zero-order valence-electron chi connectivity index (χ0n) is 14.5. The number of carbonyl (C=O) groups excluding carboxylic acids is 2. The van der Waals surface area contributed by atoms with Gasteiger partial charge in [0.2, 0.25) is 0 Å². The normalized spacial score (nSPS) is 18.3. The molecule has 3 heterocycles. The first-order valence-electron chi connectivity index (χ1n) is 8.97. The van der Waals surface area contributed by atoms with Crippen molar-refractivity contribution in [3.05, 3.63) is 59.3 Å². The lowest BCUT2D eigenvalue weighted by atomic mass is 9.95. The second kappa shape index (κ2) is 7.03. The Balaban J connectivity index is 1.25. The third kappa shape index (κ3) is 3.42. The van der Waals surface area contributed by atoms with Crippen LogP contribution in [0.4, 0.5) is 4.39 Å². The summed E-state index contributed by atoms with van der Waals surface area (Å²) in [6.07, 6.45) is 3.49. The van der Waals surface area contributed by atoms with E-state index in [-0.39, 0.29) is 17.5 Å². The highest BCUT2D eigenvalue weighted by molar-refractivity contribution is 5.97. The molecule has 6 heteroatoms. The summed E-state index contributed by atoms with van der Waals surface area (Å²) in [6, 6.07) is 7.56. The molecule has 0 saturated carbocycles. The minimum absolute atomic E-state index is 0.0149. The number of piperidine rings is 1. The number of furan rings is 1. The maximum absolute atomic E-state index is 13.0. The molecule has 1 aromatic heterocycles. The van der Waals surface area contributed by atoms with Gasteiger partial charge in [-0.15, -0.1) is 0 Å². The summed E-state index contributed by atoms with van der Waals surface area (Å²) in [7, 11) is 0. The number of fused-ring (bicyclic) bond motifs is 1. The van der Waals surface area contributed by atoms with Crippen molar-refractivity contribution in [3.63, 3.8) is 0 Å². The molecule has 0 unspecified atom stereocenters. The maximum atomic E-state index is 13.0. The van der Waals surface area contributed by atoms with Gasteiger partial charge in [-0.25, -0.2) is 4.39 Å². The van der Waals surface area contributed by atoms with E-state index in [1.54, 1.807) is 6.26 Å². The van der Waals surface area contributed by atoms with Crippen LogP contribution in [0.1, 0.15) is 39.3 Å². The third-order valence-electron chi connectivity index (χ3n) is 5.31. The van der Waals surface area contributed by atoms with Gasteiger partial charge in [0.05, 0.1) is 19.4 Å². The van der Waals surface area contributed by atoms with Crippen molar-refractivity contribution in [2.75, 3.05) is 26.2 Å². The second-order valence-electron chi connectivity index (χ2n) is 7.11. The average Bonchev–Trinajstić information content (AvgIpc) is 3.21. The zero-order chi connectivity index (χ0) is 18.1. The minimum Gasteiger partial charge on any atom is -0.459 e. The number of benzene rings is 1. The van der Waals surface area contributed by atoms with Crippen LogP contribution >= 0.6 is 0 Å². The molecule has 0 N–H and O–H groups in total. The molecule has 2 aliphatic rings. The van der Waals surface area contributed by atoms with Crippen LogP contribution in [-0.4, -0.2) is 47.7 Å². The molecule has 0 aliphatic carbocycles. The highest BCUT2D eigenvalue weighted by atomic mass is 19.1. The van der Waals surface area contributed by atoms with Crippen LogP contribution in [0.5, 0.6) is 0 Å². The van der Waals surface area contributed by atoms with Gasteiger partial charge in [-0.2, -0.15) is 0 Å². The zero-order valence-corrected chi connectivity index (χ0v) is 14.5. The number of rotatable bonds is 5. The maximum Gasteiger partial charge on any atom is 0.290 e. The SMILES string of the molecule is O=C(CN1CCC(CN2Cc3ccoc3C2=O)CC1)c1ccc(F)cc1. The van der Waals surface area contributed by atoms with Crippen molar-refractivity contribution in [1.82, 2.24) is 9.80 Å². The van der Waals surface area contributed by atoms with Crippen LogP contribution in [0.25, 0.3) is 0 Å². The largest absolute Gasteiger partial charge is 0.459 e. The number of carbonyl (C=O) groups is 2. The van der Waals surface area contributed by atoms with E-state index in [0.717, 1.165) is 38.0 Å². The molecule has 1 fully saturated rings. The molecule has 4 rings (SSSR count). The van der Waals surface area contributed by atoms with Crippen molar-refractivity contribution in [1.29, 1.82) is 0 Å². The van der Waals surface area contributed by atoms with E-state index in [4.69, 9.17) is 4.42 Å². The molecule has 0 spiro atoms. The summed E-state index contributed by atoms with van der Waals surface area (Å²) >= 11 is 0. The first-order chi connectivity index (χ1) is 12.6. The summed E-state index contributed by atoms with van der Waals surface area (Å²) in [5.41, 5.74) is 1.52. The fourth-order valence-corrected chi connectivity index (χ4v) is 3.79. The van der Waals surface area contributed by atoms with E-state index in [0.29, 0.717) is 30.3 Å². The highest BCUT2D eigenvalue weighted by Gasteiger charge is 2.33. The second-order valence-corrected chi connectivity index (χ2v) is 7.11. The Morgan fingerprint density at radius 3 is 2.58 bits per heavy atom. The van der Waals surface area contributed by atoms with Crippen molar-refractivity contribution in [3.8, 4) is 0 Å². The van der Waals surface area contributed by atoms with Crippen molar-refractivity contribution in [2.24, 2.45) is 5.92 Å². The summed E-state index contributed by atoms with van der Waals surface area (Å²) in [5.74, 6) is 0.592. The molecule has 1 saturated heterocycles. The van der Waals surface area contributed by atoms with Gasteiger partial charge in [-0.1, -0.05) is 0 Å². The molecule has 1 amide bonds. The third-order valence-corrected chi connectivity index (χ3v) is 5.31. The van der Waals surface area contributed by atoms with Gasteiger partial charge >= 0.3 is 0 Å². The number of nitrogens with zero attached hydrogens (tertiary/aromatic N) is 2. The quantitative estimate of drug-likeness (QED) is 0.773. The van der Waals surface area contributed by atoms with Crippen molar-refractivity contribution in [2.45, 2.75) is 19.4 Å². The fourth-order valence-electron chi connectivity index (χ4n) is 3.79. The van der Waals surface area contributed by atoms with Gasteiger partial charge in [0.15, 0.2) is 11.5 Å². The van der Waals surface area contributed by atoms with E-state index in [9.17, 15) is 14.0 Å². The number of hydrogen-bond donors (Lipinski definition) is 0. The summed E-state index contributed by atoms with van der Waals surface area (Å²) < 4.78 is 18.2. The van der Waals surface area contributed by atoms with Gasteiger partial charge in [0.1, 0.15) is 5.82 Å². The number of Topliss-reactive ketones (excluding diaryl/α,β-unsaturated/α-hetero) is 1. The first kappa shape index (κ1) is 17.0. The topological polar surface area (TPSA) is 53.8 Å². The molecule has 0 bridgehead atoms. The molecule has 2 aliphatic heterocycles. The Labute approximate surface area is 151 Å². The van der Waals surface area contributed by atoms with Gasteiger partial charge in [-0.3, -0.25) is 14.5 Å². The van der Waals surface area contributed by atoms with E-state index in [1.165, 1.54) is 24.3 Å². The molecule has 136 valence electrons. The molecule has 1 aromatic carbocycles. The van der Waals surface area contributed by atoms with E-state index < -0.39 is 0 Å². The average molecular weight is 356 g/mol. The lowest BCUT2D eigenvalue weighted by Gasteiger charge is -2.33. The fraction of sp³-hybridized carbons (Fsp3) is 0.400. The Morgan fingerprint density at radius 2 is 1.88 bits per heavy atom. The van der Waals surface area contributed by atoms with Crippen LogP contribution in [0.2, 0.25) is 0 Å². The molecular formula is C20H21FN2O3. The van der Waals surface area contributed by atoms with Crippen LogP contribution in [-0.2, 0) is 6.54 Å². The van der Waals surface area contributed by atoms with Crippen molar-refractivity contribution < 1.29 is 18.4 Å². The summed E-state index contributed by atoms with van der Waals surface area (Å²) in [5, 5.41) is 0. The number of hydrogen-bond acceptors (Lipinski definition) is 4. The van der Waals surface area contributed by atoms with Crippen LogP contribution in [0, 0.1) is 11.7 Å². The van der Waals surface area contributed by atoms with Gasteiger partial charge in [0.25, 0.3) is 5.91 Å². The molecule has 26 heavy (non-hydrogen) atoms. The van der Waals surface area contributed by atoms with Crippen LogP contribution in [0.3, 0.4) is 0 Å². The number of amides is 1. The van der Waals surface area contributed by atoms with E-state index in [2.05, 4.69) is 4.90 Å². The standard InChI is InChI=1S/C20H21FN2O3/c21-17-3-1-15(2-4-17)18(24)13-22-8-5-14(6-9-22)11-23-12-16-7-10-26-19(16)20(23)25/h1-4,7,10,14H,5-6,8-9,11-13H2. The molecule has 2 aromatic rings. The smallest absolute Gasteiger partial charge is 0.290 e. The highest BCUT2D eigenvalue weighted by Crippen LogP contribution is 2.27. The number of halogens is 1. The lowest BCUT2D eigenvalue weighted by Crippen LogP contribution is -2.41. The summed E-state index contributed by atoms with van der Waals surface area (Å²) in [6.45, 7) is 3.40. The predicted molar refractivity (Wildman–Crippen MR) is 93.3 cm³/mol. The predicted octanol–water partition coefficient (Wildman–Crippen LogP) is 2.97. The van der Waals surface area contributed by atoms with Gasteiger partial charge < -0.3 is 9.32 Å². The Hall–Kier alpha value is -2.47. The van der Waals surface area contributed by atoms with Gasteiger partial charge in [-0.05, 0) is 62.2 Å². The molecular weight excluding hydrogens is 335 g/mol. The lowest BCUT2D eigenvalue weighted by molar-refractivity contribution is 0.0684. The summed E-state index contributed by atoms with van der Waals surface area (Å²) in [4.78, 5) is 28.6. The Kier molecular flexibility index (Phi) is 4.59. The Morgan fingerprint density at radius 1 is 1.15 bits per heavy atom. The number of likely N-dealkylation sites (tertiary alicyclic amines) is 1. The number of ketones is 1. The van der Waals surface area contributed by atoms with Crippen molar-refractivity contribution >= 4 is 11.7 Å². The monoisotopic (exact) mass is 356 g/mol. The van der Waals surface area contributed by atoms with E-state index >= 15 is 0 Å². The molecule has 5 nitrogen and oxygen atoms in total. The minimum atomic E-state index is -0.333. The van der Waals surface area contributed by atoms with E-state index in [1.807, 2.05) is 11.0 Å². The molecule has 0 atom stereocenters. The van der Waals surface area contributed by atoms with Gasteiger partial charge in [0, 0.05) is 17.7 Å². The van der Waals surface area contributed by atoms with Crippen LogP contribution in [0.15, 0.2) is 41.0 Å². The van der Waals surface area contributed by atoms with Crippen LogP contribution < -0.4 is 0 Å².